The number of anilines is 1. The predicted octanol–water partition coefficient (Wildman–Crippen LogP) is 1.62. The molecule has 0 aliphatic heterocycles. The Labute approximate surface area is 108 Å². The highest BCUT2D eigenvalue weighted by Gasteiger charge is 2.20. The van der Waals surface area contributed by atoms with Crippen molar-refractivity contribution >= 4 is 11.7 Å². The monoisotopic (exact) mass is 251 g/mol. The molecule has 1 atom stereocenters. The van der Waals surface area contributed by atoms with Crippen LogP contribution in [0.1, 0.15) is 24.2 Å². The fraction of sp³-hybridized carbons (Fsp3) is 0.538. The summed E-state index contributed by atoms with van der Waals surface area (Å²) < 4.78 is 5.10. The van der Waals surface area contributed by atoms with Crippen LogP contribution in [-0.4, -0.2) is 49.1 Å². The van der Waals surface area contributed by atoms with Crippen molar-refractivity contribution < 1.29 is 9.53 Å². The van der Waals surface area contributed by atoms with Crippen molar-refractivity contribution in [3.05, 3.63) is 23.9 Å². The number of methoxy groups -OCH3 is 1. The molecular weight excluding hydrogens is 230 g/mol. The smallest absolute Gasteiger partial charge is 0.254 e. The second kappa shape index (κ2) is 6.96. The Morgan fingerprint density at radius 3 is 2.89 bits per heavy atom. The van der Waals surface area contributed by atoms with E-state index in [2.05, 4.69) is 10.3 Å². The summed E-state index contributed by atoms with van der Waals surface area (Å²) in [6.45, 7) is 5.12. The first-order chi connectivity index (χ1) is 8.63. The molecule has 0 spiro atoms. The summed E-state index contributed by atoms with van der Waals surface area (Å²) in [6, 6.07) is 3.54. The molecule has 0 bridgehead atoms. The van der Waals surface area contributed by atoms with Gasteiger partial charge in [0.05, 0.1) is 12.6 Å². The summed E-state index contributed by atoms with van der Waals surface area (Å²) in [7, 11) is 3.42. The van der Waals surface area contributed by atoms with Gasteiger partial charge in [-0.25, -0.2) is 4.98 Å². The van der Waals surface area contributed by atoms with Gasteiger partial charge in [0.15, 0.2) is 0 Å². The number of likely N-dealkylation sites (N-methyl/N-ethyl adjacent to an activating group) is 1. The number of nitrogens with zero attached hydrogens (tertiary/aromatic N) is 2. The minimum atomic E-state index is 0.000880. The fourth-order valence-corrected chi connectivity index (χ4v) is 1.85. The highest BCUT2D eigenvalue weighted by molar-refractivity contribution is 5.95. The number of nitrogens with one attached hydrogen (secondary N) is 1. The van der Waals surface area contributed by atoms with Crippen LogP contribution in [-0.2, 0) is 4.74 Å². The fourth-order valence-electron chi connectivity index (χ4n) is 1.85. The van der Waals surface area contributed by atoms with E-state index in [1.165, 1.54) is 0 Å². The van der Waals surface area contributed by atoms with Crippen LogP contribution in [0.2, 0.25) is 0 Å². The molecule has 1 heterocycles. The Balaban J connectivity index is 2.88. The third-order valence-corrected chi connectivity index (χ3v) is 2.80. The molecule has 1 amide bonds. The molecule has 1 unspecified atom stereocenters. The van der Waals surface area contributed by atoms with Gasteiger partial charge in [0, 0.05) is 32.5 Å². The van der Waals surface area contributed by atoms with E-state index in [0.29, 0.717) is 24.5 Å². The lowest BCUT2D eigenvalue weighted by Gasteiger charge is -2.27. The van der Waals surface area contributed by atoms with Crippen LogP contribution in [0.15, 0.2) is 18.3 Å². The van der Waals surface area contributed by atoms with E-state index in [4.69, 9.17) is 4.74 Å². The number of amides is 1. The summed E-state index contributed by atoms with van der Waals surface area (Å²) in [4.78, 5) is 18.3. The Morgan fingerprint density at radius 1 is 1.61 bits per heavy atom. The average molecular weight is 251 g/mol. The lowest BCUT2D eigenvalue weighted by atomic mass is 10.2. The van der Waals surface area contributed by atoms with Crippen LogP contribution in [0.5, 0.6) is 0 Å². The van der Waals surface area contributed by atoms with E-state index in [-0.39, 0.29) is 11.9 Å². The van der Waals surface area contributed by atoms with Gasteiger partial charge in [-0.3, -0.25) is 4.79 Å². The molecule has 18 heavy (non-hydrogen) atoms. The van der Waals surface area contributed by atoms with Crippen molar-refractivity contribution in [3.63, 3.8) is 0 Å². The van der Waals surface area contributed by atoms with Crippen LogP contribution in [0.25, 0.3) is 0 Å². The molecule has 0 saturated heterocycles. The number of hydrogen-bond acceptors (Lipinski definition) is 4. The summed E-state index contributed by atoms with van der Waals surface area (Å²) in [5, 5.41) is 2.93. The zero-order valence-electron chi connectivity index (χ0n) is 11.4. The Morgan fingerprint density at radius 2 is 2.33 bits per heavy atom. The van der Waals surface area contributed by atoms with E-state index >= 15 is 0 Å². The molecule has 0 saturated carbocycles. The highest BCUT2D eigenvalue weighted by Crippen LogP contribution is 2.11. The van der Waals surface area contributed by atoms with Crippen LogP contribution >= 0.6 is 0 Å². The SMILES string of the molecule is CCN(C(=O)c1ccnc(NC)c1)C(C)COC. The number of rotatable bonds is 6. The van der Waals surface area contributed by atoms with Crippen LogP contribution < -0.4 is 5.32 Å². The number of carbonyl (C=O) groups excluding carboxylic acids is 1. The van der Waals surface area contributed by atoms with Gasteiger partial charge in [-0.05, 0) is 26.0 Å². The van der Waals surface area contributed by atoms with Gasteiger partial charge in [0.2, 0.25) is 0 Å². The summed E-state index contributed by atoms with van der Waals surface area (Å²) >= 11 is 0. The van der Waals surface area contributed by atoms with Crippen LogP contribution in [0.3, 0.4) is 0 Å². The molecule has 0 aliphatic rings. The average Bonchev–Trinajstić information content (AvgIpc) is 2.40. The molecule has 0 fully saturated rings. The van der Waals surface area contributed by atoms with Crippen LogP contribution in [0.4, 0.5) is 5.82 Å². The standard InChI is InChI=1S/C13H21N3O2/c1-5-16(10(2)9-18-4)13(17)11-6-7-15-12(8-11)14-3/h6-8,10H,5,9H2,1-4H3,(H,14,15). The number of pyridine rings is 1. The molecule has 5 nitrogen and oxygen atoms in total. The zero-order valence-corrected chi connectivity index (χ0v) is 11.4. The van der Waals surface area contributed by atoms with Gasteiger partial charge in [0.25, 0.3) is 5.91 Å². The van der Waals surface area contributed by atoms with E-state index in [1.807, 2.05) is 13.8 Å². The lowest BCUT2D eigenvalue weighted by Crippen LogP contribution is -2.40. The first kappa shape index (κ1) is 14.4. The first-order valence-electron chi connectivity index (χ1n) is 6.07. The third-order valence-electron chi connectivity index (χ3n) is 2.80. The van der Waals surface area contributed by atoms with Crippen molar-refractivity contribution in [2.75, 3.05) is 32.6 Å². The molecule has 1 aromatic rings. The Kier molecular flexibility index (Phi) is 5.58. The topological polar surface area (TPSA) is 54.5 Å². The highest BCUT2D eigenvalue weighted by atomic mass is 16.5. The molecule has 1 aromatic heterocycles. The molecule has 0 radical (unpaired) electrons. The summed E-state index contributed by atoms with van der Waals surface area (Å²) in [6.07, 6.45) is 1.63. The van der Waals surface area contributed by atoms with Crippen LogP contribution in [0, 0.1) is 0 Å². The number of carbonyl (C=O) groups is 1. The van der Waals surface area contributed by atoms with Gasteiger partial charge in [0.1, 0.15) is 5.82 Å². The minimum Gasteiger partial charge on any atom is -0.383 e. The molecule has 1 rings (SSSR count). The van der Waals surface area contributed by atoms with E-state index in [1.54, 1.807) is 37.4 Å². The number of aromatic nitrogens is 1. The molecule has 0 aromatic carbocycles. The minimum absolute atomic E-state index is 0.000880. The molecule has 100 valence electrons. The van der Waals surface area contributed by atoms with E-state index in [9.17, 15) is 4.79 Å². The van der Waals surface area contributed by atoms with Gasteiger partial charge in [-0.1, -0.05) is 0 Å². The first-order valence-corrected chi connectivity index (χ1v) is 6.07. The van der Waals surface area contributed by atoms with Crippen molar-refractivity contribution in [2.45, 2.75) is 19.9 Å². The molecule has 0 aliphatic carbocycles. The zero-order chi connectivity index (χ0) is 13.5. The Bertz CT molecular complexity index is 396. The molecule has 1 N–H and O–H groups in total. The van der Waals surface area contributed by atoms with Crippen molar-refractivity contribution in [1.82, 2.24) is 9.88 Å². The number of hydrogen-bond donors (Lipinski definition) is 1. The van der Waals surface area contributed by atoms with Crippen molar-refractivity contribution in [1.29, 1.82) is 0 Å². The molecular formula is C13H21N3O2. The summed E-state index contributed by atoms with van der Waals surface area (Å²) in [5.41, 5.74) is 0.638. The molecule has 5 heteroatoms. The van der Waals surface area contributed by atoms with Crippen molar-refractivity contribution in [2.24, 2.45) is 0 Å². The van der Waals surface area contributed by atoms with Gasteiger partial charge in [-0.2, -0.15) is 0 Å². The third kappa shape index (κ3) is 3.43. The number of ether oxygens (including phenoxy) is 1. The maximum atomic E-state index is 12.4. The van der Waals surface area contributed by atoms with Gasteiger partial charge < -0.3 is 15.0 Å². The normalized spacial score (nSPS) is 12.0. The van der Waals surface area contributed by atoms with Gasteiger partial charge >= 0.3 is 0 Å². The second-order valence-corrected chi connectivity index (χ2v) is 4.08. The maximum Gasteiger partial charge on any atom is 0.254 e. The quantitative estimate of drug-likeness (QED) is 0.834. The summed E-state index contributed by atoms with van der Waals surface area (Å²) in [5.74, 6) is 0.692. The van der Waals surface area contributed by atoms with Gasteiger partial charge in [-0.15, -0.1) is 0 Å². The second-order valence-electron chi connectivity index (χ2n) is 4.08. The van der Waals surface area contributed by atoms with E-state index < -0.39 is 0 Å². The van der Waals surface area contributed by atoms with E-state index in [0.717, 1.165) is 0 Å². The van der Waals surface area contributed by atoms with Crippen molar-refractivity contribution in [3.8, 4) is 0 Å². The predicted molar refractivity (Wildman–Crippen MR) is 71.8 cm³/mol. The Hall–Kier alpha value is -1.62. The lowest BCUT2D eigenvalue weighted by molar-refractivity contribution is 0.0579. The maximum absolute atomic E-state index is 12.4. The largest absolute Gasteiger partial charge is 0.383 e.